The van der Waals surface area contributed by atoms with E-state index in [2.05, 4.69) is 5.32 Å². The van der Waals surface area contributed by atoms with E-state index in [1.165, 1.54) is 18.3 Å². The van der Waals surface area contributed by atoms with E-state index in [-0.39, 0.29) is 30.1 Å². The van der Waals surface area contributed by atoms with Gasteiger partial charge in [-0.3, -0.25) is 19.0 Å². The molecule has 2 heterocycles. The molecule has 236 valence electrons. The van der Waals surface area contributed by atoms with Crippen molar-refractivity contribution in [3.63, 3.8) is 0 Å². The van der Waals surface area contributed by atoms with Crippen LogP contribution in [0.4, 0.5) is 0 Å². The summed E-state index contributed by atoms with van der Waals surface area (Å²) in [6.45, 7) is 9.37. The normalized spacial score (nSPS) is 11.9. The number of ketones is 1. The SMILES string of the molecule is CCc1cccc(CC)c1-n1c(CC(C)C)c(C(=O)CC[C@@H](NC(C)=O)C(=O)O)cc(-c2nc(-c3ccc(Cl)cc3)cs2)c1=O. The number of benzene rings is 2. The molecular weight excluding hydrogens is 610 g/mol. The number of rotatable bonds is 13. The number of thiazole rings is 1. The lowest BCUT2D eigenvalue weighted by Gasteiger charge is -2.24. The lowest BCUT2D eigenvalue weighted by molar-refractivity contribution is -0.141. The molecule has 0 radical (unpaired) electrons. The summed E-state index contributed by atoms with van der Waals surface area (Å²) in [5.74, 6) is -1.91. The van der Waals surface area contributed by atoms with Crippen molar-refractivity contribution in [1.29, 1.82) is 0 Å². The third-order valence-corrected chi connectivity index (χ3v) is 8.73. The minimum atomic E-state index is -1.21. The van der Waals surface area contributed by atoms with E-state index >= 15 is 0 Å². The summed E-state index contributed by atoms with van der Waals surface area (Å²) in [6, 6.07) is 13.7. The zero-order valence-electron chi connectivity index (χ0n) is 26.1. The van der Waals surface area contributed by atoms with Crippen LogP contribution < -0.4 is 10.9 Å². The molecule has 0 saturated carbocycles. The van der Waals surface area contributed by atoms with Crippen molar-refractivity contribution in [2.75, 3.05) is 0 Å². The van der Waals surface area contributed by atoms with Crippen molar-refractivity contribution >= 4 is 40.6 Å². The van der Waals surface area contributed by atoms with Crippen molar-refractivity contribution in [3.05, 3.63) is 91.7 Å². The summed E-state index contributed by atoms with van der Waals surface area (Å²) in [5, 5.41) is 15.0. The van der Waals surface area contributed by atoms with Crippen LogP contribution in [0.3, 0.4) is 0 Å². The summed E-state index contributed by atoms with van der Waals surface area (Å²) in [4.78, 5) is 56.9. The molecule has 0 aliphatic heterocycles. The molecule has 0 spiro atoms. The van der Waals surface area contributed by atoms with Gasteiger partial charge in [0.25, 0.3) is 5.56 Å². The molecule has 0 aliphatic rings. The highest BCUT2D eigenvalue weighted by Crippen LogP contribution is 2.32. The number of carboxylic acid groups (broad SMARTS) is 1. The highest BCUT2D eigenvalue weighted by Gasteiger charge is 2.27. The molecule has 10 heteroatoms. The number of carboxylic acids is 1. The van der Waals surface area contributed by atoms with Gasteiger partial charge in [0, 0.05) is 40.6 Å². The van der Waals surface area contributed by atoms with Gasteiger partial charge >= 0.3 is 5.97 Å². The predicted octanol–water partition coefficient (Wildman–Crippen LogP) is 7.16. The highest BCUT2D eigenvalue weighted by atomic mass is 35.5. The lowest BCUT2D eigenvalue weighted by Crippen LogP contribution is -2.40. The first-order valence-corrected chi connectivity index (χ1v) is 16.4. The lowest BCUT2D eigenvalue weighted by atomic mass is 9.94. The van der Waals surface area contributed by atoms with Gasteiger partial charge in [0.15, 0.2) is 5.78 Å². The van der Waals surface area contributed by atoms with Gasteiger partial charge < -0.3 is 10.4 Å². The number of carbonyl (C=O) groups is 3. The number of Topliss-reactive ketones (excluding diaryl/α,β-unsaturated/α-hetero) is 1. The van der Waals surface area contributed by atoms with Crippen LogP contribution in [0.2, 0.25) is 5.02 Å². The van der Waals surface area contributed by atoms with Crippen LogP contribution in [0.1, 0.15) is 74.6 Å². The zero-order valence-corrected chi connectivity index (χ0v) is 27.7. The second kappa shape index (κ2) is 14.8. The number of amides is 1. The Kier molecular flexibility index (Phi) is 11.1. The maximum atomic E-state index is 14.6. The molecule has 0 fully saturated rings. The van der Waals surface area contributed by atoms with Crippen molar-refractivity contribution in [1.82, 2.24) is 14.9 Å². The molecule has 1 amide bonds. The third-order valence-electron chi connectivity index (χ3n) is 7.60. The summed E-state index contributed by atoms with van der Waals surface area (Å²) in [7, 11) is 0. The Labute approximate surface area is 272 Å². The molecule has 45 heavy (non-hydrogen) atoms. The molecular formula is C35H38ClN3O5S. The van der Waals surface area contributed by atoms with Gasteiger partial charge in [-0.15, -0.1) is 11.3 Å². The summed E-state index contributed by atoms with van der Waals surface area (Å²) < 4.78 is 1.70. The Morgan fingerprint density at radius 2 is 1.69 bits per heavy atom. The molecule has 0 saturated heterocycles. The molecule has 0 bridgehead atoms. The Morgan fingerprint density at radius 1 is 1.04 bits per heavy atom. The third kappa shape index (κ3) is 7.78. The molecule has 0 unspecified atom stereocenters. The van der Waals surface area contributed by atoms with Gasteiger partial charge in [0.1, 0.15) is 11.0 Å². The minimum Gasteiger partial charge on any atom is -0.480 e. The number of hydrogen-bond donors (Lipinski definition) is 2. The number of aliphatic carboxylic acids is 1. The second-order valence-electron chi connectivity index (χ2n) is 11.4. The Balaban J connectivity index is 1.98. The monoisotopic (exact) mass is 647 g/mol. The first-order chi connectivity index (χ1) is 21.4. The molecule has 4 aromatic rings. The molecule has 2 N–H and O–H groups in total. The van der Waals surface area contributed by atoms with E-state index in [9.17, 15) is 24.3 Å². The fourth-order valence-electron chi connectivity index (χ4n) is 5.44. The van der Waals surface area contributed by atoms with Gasteiger partial charge in [-0.2, -0.15) is 0 Å². The van der Waals surface area contributed by atoms with E-state index in [0.717, 1.165) is 22.4 Å². The zero-order chi connectivity index (χ0) is 32.8. The first kappa shape index (κ1) is 33.8. The standard InChI is InChI=1S/C35H38ClN3O5S/c1-6-22-9-8-10-23(7-2)32(22)39-30(17-20(3)4)26(31(41)16-15-28(35(43)44)37-21(5)40)18-27(34(39)42)33-38-29(19-45-33)24-11-13-25(36)14-12-24/h8-14,18-20,28H,6-7,15-17H2,1-5H3,(H,37,40)(H,43,44)/t28-/m1/s1. The van der Waals surface area contributed by atoms with Gasteiger partial charge in [-0.1, -0.05) is 69.6 Å². The summed E-state index contributed by atoms with van der Waals surface area (Å²) in [5.41, 5.74) is 5.22. The Hall–Kier alpha value is -4.08. The maximum absolute atomic E-state index is 14.6. The van der Waals surface area contributed by atoms with Gasteiger partial charge in [-0.25, -0.2) is 9.78 Å². The van der Waals surface area contributed by atoms with Gasteiger partial charge in [0.2, 0.25) is 5.91 Å². The molecule has 4 rings (SSSR count). The smallest absolute Gasteiger partial charge is 0.326 e. The fourth-order valence-corrected chi connectivity index (χ4v) is 6.40. The molecule has 0 aliphatic carbocycles. The van der Waals surface area contributed by atoms with E-state index in [4.69, 9.17) is 16.6 Å². The van der Waals surface area contributed by atoms with E-state index < -0.39 is 17.9 Å². The number of halogens is 1. The van der Waals surface area contributed by atoms with Gasteiger partial charge in [-0.05, 0) is 60.9 Å². The Morgan fingerprint density at radius 3 is 2.24 bits per heavy atom. The topological polar surface area (TPSA) is 118 Å². The Bertz CT molecular complexity index is 1750. The van der Waals surface area contributed by atoms with Crippen molar-refractivity contribution in [2.45, 2.75) is 72.8 Å². The highest BCUT2D eigenvalue weighted by molar-refractivity contribution is 7.13. The number of carbonyl (C=O) groups excluding carboxylic acids is 2. The molecule has 8 nitrogen and oxygen atoms in total. The second-order valence-corrected chi connectivity index (χ2v) is 12.7. The van der Waals surface area contributed by atoms with Crippen LogP contribution in [-0.2, 0) is 28.9 Å². The van der Waals surface area contributed by atoms with Crippen molar-refractivity contribution in [2.24, 2.45) is 5.92 Å². The first-order valence-electron chi connectivity index (χ1n) is 15.1. The summed E-state index contributed by atoms with van der Waals surface area (Å²) >= 11 is 7.40. The quantitative estimate of drug-likeness (QED) is 0.149. The van der Waals surface area contributed by atoms with Crippen LogP contribution in [0.15, 0.2) is 58.7 Å². The van der Waals surface area contributed by atoms with Gasteiger partial charge in [0.05, 0.1) is 16.9 Å². The minimum absolute atomic E-state index is 0.0902. The van der Waals surface area contributed by atoms with Crippen molar-refractivity contribution in [3.8, 4) is 27.5 Å². The van der Waals surface area contributed by atoms with E-state index in [1.54, 1.807) is 22.8 Å². The molecule has 2 aromatic carbocycles. The van der Waals surface area contributed by atoms with Crippen LogP contribution in [0, 0.1) is 5.92 Å². The maximum Gasteiger partial charge on any atom is 0.326 e. The van der Waals surface area contributed by atoms with E-state index in [1.807, 2.05) is 63.4 Å². The van der Waals surface area contributed by atoms with Crippen LogP contribution in [-0.4, -0.2) is 38.4 Å². The average Bonchev–Trinajstić information content (AvgIpc) is 3.49. The molecule has 1 atom stereocenters. The predicted molar refractivity (Wildman–Crippen MR) is 180 cm³/mol. The molecule has 2 aromatic heterocycles. The van der Waals surface area contributed by atoms with Crippen LogP contribution >= 0.6 is 22.9 Å². The number of aromatic nitrogens is 2. The largest absolute Gasteiger partial charge is 0.480 e. The van der Waals surface area contributed by atoms with Crippen LogP contribution in [0.5, 0.6) is 0 Å². The number of para-hydroxylation sites is 1. The number of nitrogens with one attached hydrogen (secondary N) is 1. The fraction of sp³-hybridized carbons (Fsp3) is 0.343. The number of hydrogen-bond acceptors (Lipinski definition) is 6. The van der Waals surface area contributed by atoms with Crippen LogP contribution in [0.25, 0.3) is 27.5 Å². The summed E-state index contributed by atoms with van der Waals surface area (Å²) in [6.07, 6.45) is 1.58. The van der Waals surface area contributed by atoms with E-state index in [0.29, 0.717) is 51.8 Å². The number of aryl methyl sites for hydroxylation is 2. The van der Waals surface area contributed by atoms with Crippen molar-refractivity contribution < 1.29 is 19.5 Å². The number of nitrogens with zero attached hydrogens (tertiary/aromatic N) is 2. The number of pyridine rings is 1. The average molecular weight is 648 g/mol.